The number of fused-ring (bicyclic) bond motifs is 1. The second-order valence-electron chi connectivity index (χ2n) is 3.22. The minimum absolute atomic E-state index is 0.0904. The Labute approximate surface area is 87.3 Å². The lowest BCUT2D eigenvalue weighted by molar-refractivity contribution is -0.136. The summed E-state index contributed by atoms with van der Waals surface area (Å²) < 4.78 is 38.6. The van der Waals surface area contributed by atoms with E-state index in [1.807, 2.05) is 0 Å². The average molecular weight is 229 g/mol. The van der Waals surface area contributed by atoms with Crippen LogP contribution in [0.2, 0.25) is 0 Å². The molecule has 0 unspecified atom stereocenters. The Bertz CT molecular complexity index is 603. The molecule has 84 valence electrons. The number of hydrogen-bond donors (Lipinski definition) is 0. The zero-order chi connectivity index (χ0) is 11.9. The molecule has 16 heavy (non-hydrogen) atoms. The van der Waals surface area contributed by atoms with E-state index in [-0.39, 0.29) is 5.39 Å². The van der Waals surface area contributed by atoms with Crippen LogP contribution in [-0.2, 0) is 13.2 Å². The van der Waals surface area contributed by atoms with Crippen molar-refractivity contribution in [1.29, 1.82) is 0 Å². The molecule has 7 heteroatoms. The smallest absolute Gasteiger partial charge is 0.267 e. The van der Waals surface area contributed by atoms with Crippen LogP contribution in [0.5, 0.6) is 0 Å². The highest BCUT2D eigenvalue weighted by molar-refractivity contribution is 5.80. The van der Waals surface area contributed by atoms with Crippen LogP contribution in [0.25, 0.3) is 10.9 Å². The Balaban J connectivity index is 2.91. The number of halogens is 3. The van der Waals surface area contributed by atoms with E-state index in [0.717, 1.165) is 10.7 Å². The van der Waals surface area contributed by atoms with E-state index in [4.69, 9.17) is 0 Å². The zero-order valence-corrected chi connectivity index (χ0v) is 8.12. The molecule has 2 aromatic rings. The Hall–Kier alpha value is -1.92. The molecule has 0 aliphatic carbocycles. The summed E-state index contributed by atoms with van der Waals surface area (Å²) in [6.45, 7) is 0. The summed E-state index contributed by atoms with van der Waals surface area (Å²) in [6.07, 6.45) is -4.54. The first-order chi connectivity index (χ1) is 7.41. The van der Waals surface area contributed by atoms with Crippen LogP contribution in [-0.4, -0.2) is 15.0 Å². The van der Waals surface area contributed by atoms with Crippen LogP contribution in [0.15, 0.2) is 23.0 Å². The number of alkyl halides is 3. The molecule has 0 saturated heterocycles. The molecule has 0 atom stereocenters. The normalized spacial score (nSPS) is 12.0. The van der Waals surface area contributed by atoms with Crippen LogP contribution >= 0.6 is 0 Å². The van der Waals surface area contributed by atoms with Crippen LogP contribution in [0.3, 0.4) is 0 Å². The molecule has 1 aromatic carbocycles. The third-order valence-electron chi connectivity index (χ3n) is 2.14. The number of benzene rings is 1. The molecule has 0 N–H and O–H groups in total. The van der Waals surface area contributed by atoms with Gasteiger partial charge in [-0.25, -0.2) is 4.68 Å². The zero-order valence-electron chi connectivity index (χ0n) is 8.12. The highest BCUT2D eigenvalue weighted by Crippen LogP contribution is 2.32. The lowest BCUT2D eigenvalue weighted by atomic mass is 10.1. The first-order valence-electron chi connectivity index (χ1n) is 4.31. The predicted octanol–water partition coefficient (Wildman–Crippen LogP) is 1.35. The van der Waals surface area contributed by atoms with Gasteiger partial charge in [-0.3, -0.25) is 4.79 Å². The highest BCUT2D eigenvalue weighted by Gasteiger charge is 2.33. The fourth-order valence-electron chi connectivity index (χ4n) is 1.38. The van der Waals surface area contributed by atoms with Gasteiger partial charge >= 0.3 is 6.18 Å². The van der Waals surface area contributed by atoms with E-state index >= 15 is 0 Å². The lowest BCUT2D eigenvalue weighted by Crippen LogP contribution is -2.22. The molecule has 0 aliphatic heterocycles. The standard InChI is InChI=1S/C9H6F3N3O/c1-15-8(16)5-3-2-4-6(9(10,11)12)7(5)13-14-15/h2-4H,1H3. The molecular formula is C9H6F3N3O. The van der Waals surface area contributed by atoms with E-state index in [0.29, 0.717) is 0 Å². The topological polar surface area (TPSA) is 47.8 Å². The van der Waals surface area contributed by atoms with Crippen LogP contribution in [0, 0.1) is 0 Å². The second kappa shape index (κ2) is 3.29. The minimum atomic E-state index is -4.54. The van der Waals surface area contributed by atoms with Crippen molar-refractivity contribution in [2.75, 3.05) is 0 Å². The number of nitrogens with zero attached hydrogens (tertiary/aromatic N) is 3. The van der Waals surface area contributed by atoms with Crippen molar-refractivity contribution in [3.63, 3.8) is 0 Å². The predicted molar refractivity (Wildman–Crippen MR) is 49.8 cm³/mol. The molecule has 0 radical (unpaired) electrons. The SMILES string of the molecule is Cn1nnc2c(C(F)(F)F)cccc2c1=O. The monoisotopic (exact) mass is 229 g/mol. The van der Waals surface area contributed by atoms with Gasteiger partial charge < -0.3 is 0 Å². The third kappa shape index (κ3) is 1.54. The number of hydrogen-bond acceptors (Lipinski definition) is 3. The Morgan fingerprint density at radius 2 is 2.00 bits per heavy atom. The highest BCUT2D eigenvalue weighted by atomic mass is 19.4. The van der Waals surface area contributed by atoms with Gasteiger partial charge in [0.1, 0.15) is 5.52 Å². The molecule has 0 amide bonds. The van der Waals surface area contributed by atoms with Gasteiger partial charge in [-0.05, 0) is 12.1 Å². The maximum absolute atomic E-state index is 12.6. The summed E-state index contributed by atoms with van der Waals surface area (Å²) in [5.74, 6) is 0. The van der Waals surface area contributed by atoms with Crippen molar-refractivity contribution in [2.24, 2.45) is 7.05 Å². The summed E-state index contributed by atoms with van der Waals surface area (Å²) in [6, 6.07) is 3.34. The number of rotatable bonds is 0. The summed E-state index contributed by atoms with van der Waals surface area (Å²) in [5, 5.41) is 6.65. The van der Waals surface area contributed by atoms with Crippen LogP contribution in [0.4, 0.5) is 13.2 Å². The lowest BCUT2D eigenvalue weighted by Gasteiger charge is -2.08. The van der Waals surface area contributed by atoms with E-state index in [9.17, 15) is 18.0 Å². The first kappa shape index (κ1) is 10.6. The van der Waals surface area contributed by atoms with E-state index in [2.05, 4.69) is 10.3 Å². The molecule has 1 aromatic heterocycles. The quantitative estimate of drug-likeness (QED) is 0.685. The van der Waals surface area contributed by atoms with Crippen molar-refractivity contribution in [2.45, 2.75) is 6.18 Å². The maximum atomic E-state index is 12.6. The Morgan fingerprint density at radius 1 is 1.31 bits per heavy atom. The molecule has 0 fully saturated rings. The van der Waals surface area contributed by atoms with Gasteiger partial charge in [-0.2, -0.15) is 13.2 Å². The third-order valence-corrected chi connectivity index (χ3v) is 2.14. The van der Waals surface area contributed by atoms with Gasteiger partial charge in [-0.1, -0.05) is 11.3 Å². The fourth-order valence-corrected chi connectivity index (χ4v) is 1.38. The fraction of sp³-hybridized carbons (Fsp3) is 0.222. The molecule has 0 aliphatic rings. The van der Waals surface area contributed by atoms with Gasteiger partial charge in [0, 0.05) is 7.05 Å². The molecule has 4 nitrogen and oxygen atoms in total. The van der Waals surface area contributed by atoms with E-state index in [1.54, 1.807) is 0 Å². The van der Waals surface area contributed by atoms with Gasteiger partial charge in [0.15, 0.2) is 0 Å². The average Bonchev–Trinajstić information content (AvgIpc) is 2.21. The van der Waals surface area contributed by atoms with E-state index in [1.165, 1.54) is 19.2 Å². The summed E-state index contributed by atoms with van der Waals surface area (Å²) in [4.78, 5) is 11.5. The largest absolute Gasteiger partial charge is 0.418 e. The maximum Gasteiger partial charge on any atom is 0.418 e. The van der Waals surface area contributed by atoms with Crippen molar-refractivity contribution < 1.29 is 13.2 Å². The molecule has 0 spiro atoms. The first-order valence-corrected chi connectivity index (χ1v) is 4.31. The molecule has 2 rings (SSSR count). The molecular weight excluding hydrogens is 223 g/mol. The van der Waals surface area contributed by atoms with Crippen LogP contribution < -0.4 is 5.56 Å². The molecule has 0 saturated carbocycles. The second-order valence-corrected chi connectivity index (χ2v) is 3.22. The number of aryl methyl sites for hydroxylation is 1. The summed E-state index contributed by atoms with van der Waals surface area (Å²) >= 11 is 0. The van der Waals surface area contributed by atoms with Gasteiger partial charge in [0.05, 0.1) is 10.9 Å². The molecule has 1 heterocycles. The van der Waals surface area contributed by atoms with Crippen molar-refractivity contribution >= 4 is 10.9 Å². The summed E-state index contributed by atoms with van der Waals surface area (Å²) in [5.41, 5.74) is -1.97. The Kier molecular flexibility index (Phi) is 2.18. The van der Waals surface area contributed by atoms with Crippen molar-refractivity contribution in [3.8, 4) is 0 Å². The van der Waals surface area contributed by atoms with Crippen LogP contribution in [0.1, 0.15) is 5.56 Å². The van der Waals surface area contributed by atoms with Gasteiger partial charge in [-0.15, -0.1) is 5.10 Å². The van der Waals surface area contributed by atoms with Crippen molar-refractivity contribution in [3.05, 3.63) is 34.1 Å². The van der Waals surface area contributed by atoms with Gasteiger partial charge in [0.25, 0.3) is 5.56 Å². The Morgan fingerprint density at radius 3 is 2.62 bits per heavy atom. The van der Waals surface area contributed by atoms with E-state index < -0.39 is 22.8 Å². The minimum Gasteiger partial charge on any atom is -0.267 e. The van der Waals surface area contributed by atoms with Gasteiger partial charge in [0.2, 0.25) is 0 Å². The number of aromatic nitrogens is 3. The molecule has 0 bridgehead atoms. The summed E-state index contributed by atoms with van der Waals surface area (Å²) in [7, 11) is 1.33. The van der Waals surface area contributed by atoms with Crippen molar-refractivity contribution in [1.82, 2.24) is 15.0 Å².